The van der Waals surface area contributed by atoms with E-state index in [-0.39, 0.29) is 12.5 Å². The van der Waals surface area contributed by atoms with Gasteiger partial charge in [0.15, 0.2) is 0 Å². The summed E-state index contributed by atoms with van der Waals surface area (Å²) in [7, 11) is 1.57. The first-order valence-electron chi connectivity index (χ1n) is 13.2. The van der Waals surface area contributed by atoms with E-state index >= 15 is 0 Å². The topological polar surface area (TPSA) is 97.0 Å². The molecule has 2 rings (SSSR count). The number of carbonyl (C=O) groups excluding carboxylic acids is 3. The van der Waals surface area contributed by atoms with Gasteiger partial charge in [0.1, 0.15) is 23.4 Å². The SMILES string of the molecule is C=CCN(C(=O)C(NC(=O)OC(C)(C)C)C(C)CC)C(C(=O)Nc1ccc(OC)cc1)c1ccc(C)c(C)c1. The van der Waals surface area contributed by atoms with Crippen LogP contribution in [-0.2, 0) is 14.3 Å². The van der Waals surface area contributed by atoms with E-state index in [1.807, 2.05) is 45.9 Å². The summed E-state index contributed by atoms with van der Waals surface area (Å²) >= 11 is 0. The first-order chi connectivity index (χ1) is 18.3. The van der Waals surface area contributed by atoms with Crippen LogP contribution in [0.4, 0.5) is 10.5 Å². The smallest absolute Gasteiger partial charge is 0.408 e. The van der Waals surface area contributed by atoms with E-state index in [0.717, 1.165) is 11.1 Å². The van der Waals surface area contributed by atoms with E-state index in [1.54, 1.807) is 58.2 Å². The Morgan fingerprint density at radius 1 is 1.05 bits per heavy atom. The minimum Gasteiger partial charge on any atom is -0.497 e. The van der Waals surface area contributed by atoms with Gasteiger partial charge in [-0.15, -0.1) is 6.58 Å². The number of benzene rings is 2. The molecule has 0 aliphatic carbocycles. The summed E-state index contributed by atoms with van der Waals surface area (Å²) < 4.78 is 10.7. The second kappa shape index (κ2) is 13.8. The van der Waals surface area contributed by atoms with Crippen molar-refractivity contribution in [3.05, 3.63) is 71.8 Å². The van der Waals surface area contributed by atoms with E-state index in [4.69, 9.17) is 9.47 Å². The van der Waals surface area contributed by atoms with Crippen LogP contribution in [0.15, 0.2) is 55.1 Å². The molecule has 0 spiro atoms. The number of hydrogen-bond acceptors (Lipinski definition) is 5. The Hall–Kier alpha value is -3.81. The van der Waals surface area contributed by atoms with Crippen molar-refractivity contribution in [2.75, 3.05) is 19.0 Å². The molecule has 0 aliphatic rings. The lowest BCUT2D eigenvalue weighted by Crippen LogP contribution is -2.54. The van der Waals surface area contributed by atoms with E-state index in [2.05, 4.69) is 17.2 Å². The highest BCUT2D eigenvalue weighted by Gasteiger charge is 2.37. The van der Waals surface area contributed by atoms with Gasteiger partial charge in [0.05, 0.1) is 7.11 Å². The Bertz CT molecular complexity index is 1150. The molecule has 212 valence electrons. The van der Waals surface area contributed by atoms with Crippen LogP contribution in [0.25, 0.3) is 0 Å². The van der Waals surface area contributed by atoms with Crippen molar-refractivity contribution < 1.29 is 23.9 Å². The summed E-state index contributed by atoms with van der Waals surface area (Å²) in [6.45, 7) is 17.0. The minimum absolute atomic E-state index is 0.0926. The zero-order valence-electron chi connectivity index (χ0n) is 24.5. The Kier molecular flexibility index (Phi) is 11.1. The highest BCUT2D eigenvalue weighted by atomic mass is 16.6. The van der Waals surface area contributed by atoms with Crippen molar-refractivity contribution in [3.8, 4) is 5.75 Å². The summed E-state index contributed by atoms with van der Waals surface area (Å²) in [4.78, 5) is 42.2. The molecule has 2 aromatic rings. The number of alkyl carbamates (subject to hydrolysis) is 1. The third kappa shape index (κ3) is 8.87. The number of anilines is 1. The molecule has 0 bridgehead atoms. The Morgan fingerprint density at radius 3 is 2.21 bits per heavy atom. The van der Waals surface area contributed by atoms with Crippen LogP contribution >= 0.6 is 0 Å². The molecule has 39 heavy (non-hydrogen) atoms. The zero-order valence-corrected chi connectivity index (χ0v) is 24.5. The van der Waals surface area contributed by atoms with Gasteiger partial charge in [-0.05, 0) is 81.5 Å². The molecular weight excluding hydrogens is 494 g/mol. The van der Waals surface area contributed by atoms with Crippen LogP contribution in [0.2, 0.25) is 0 Å². The molecule has 0 aromatic heterocycles. The largest absolute Gasteiger partial charge is 0.497 e. The fourth-order valence-corrected chi connectivity index (χ4v) is 4.05. The van der Waals surface area contributed by atoms with Crippen LogP contribution in [-0.4, -0.2) is 48.1 Å². The molecule has 0 fully saturated rings. The van der Waals surface area contributed by atoms with Crippen molar-refractivity contribution >= 4 is 23.6 Å². The van der Waals surface area contributed by atoms with Crippen molar-refractivity contribution in [2.24, 2.45) is 5.92 Å². The standard InChI is InChI=1S/C31H43N3O5/c1-10-18-34(29(36)26(20(3)11-2)33-30(37)39-31(6,7)8)27(23-13-12-21(4)22(5)19-23)28(35)32-24-14-16-25(38-9)17-15-24/h10,12-17,19-20,26-27H,1,11,18H2,2-9H3,(H,32,35)(H,33,37). The van der Waals surface area contributed by atoms with Gasteiger partial charge >= 0.3 is 6.09 Å². The molecule has 8 heteroatoms. The molecule has 3 amide bonds. The molecule has 2 aromatic carbocycles. The van der Waals surface area contributed by atoms with E-state index in [0.29, 0.717) is 23.4 Å². The molecule has 0 saturated heterocycles. The molecule has 0 heterocycles. The van der Waals surface area contributed by atoms with E-state index in [1.165, 1.54) is 4.90 Å². The summed E-state index contributed by atoms with van der Waals surface area (Å²) in [6.07, 6.45) is 1.51. The minimum atomic E-state index is -0.983. The first kappa shape index (κ1) is 31.4. The quantitative estimate of drug-likeness (QED) is 0.346. The van der Waals surface area contributed by atoms with Crippen LogP contribution in [0.3, 0.4) is 0 Å². The number of amides is 3. The van der Waals surface area contributed by atoms with Crippen LogP contribution in [0.1, 0.15) is 63.8 Å². The van der Waals surface area contributed by atoms with Crippen LogP contribution in [0.5, 0.6) is 5.75 Å². The van der Waals surface area contributed by atoms with E-state index in [9.17, 15) is 14.4 Å². The lowest BCUT2D eigenvalue weighted by Gasteiger charge is -2.35. The molecule has 3 unspecified atom stereocenters. The fraction of sp³-hybridized carbons (Fsp3) is 0.452. The average molecular weight is 538 g/mol. The number of methoxy groups -OCH3 is 1. The predicted molar refractivity (Wildman–Crippen MR) is 155 cm³/mol. The van der Waals surface area contributed by atoms with Gasteiger partial charge in [-0.25, -0.2) is 4.79 Å². The van der Waals surface area contributed by atoms with Crippen molar-refractivity contribution in [2.45, 2.75) is 72.6 Å². The third-order valence-corrected chi connectivity index (χ3v) is 6.52. The van der Waals surface area contributed by atoms with Gasteiger partial charge in [-0.2, -0.15) is 0 Å². The summed E-state index contributed by atoms with van der Waals surface area (Å²) in [6, 6.07) is 10.8. The Morgan fingerprint density at radius 2 is 1.69 bits per heavy atom. The number of hydrogen-bond donors (Lipinski definition) is 2. The van der Waals surface area contributed by atoms with Gasteiger partial charge < -0.3 is 25.0 Å². The molecule has 2 N–H and O–H groups in total. The van der Waals surface area contributed by atoms with Crippen LogP contribution in [0, 0.1) is 19.8 Å². The number of aryl methyl sites for hydroxylation is 2. The van der Waals surface area contributed by atoms with Gasteiger partial charge in [-0.3, -0.25) is 9.59 Å². The molecule has 0 saturated carbocycles. The summed E-state index contributed by atoms with van der Waals surface area (Å²) in [5, 5.41) is 5.70. The fourth-order valence-electron chi connectivity index (χ4n) is 4.05. The summed E-state index contributed by atoms with van der Waals surface area (Å²) in [5.41, 5.74) is 2.55. The number of nitrogens with one attached hydrogen (secondary N) is 2. The molecule has 3 atom stereocenters. The average Bonchev–Trinajstić information content (AvgIpc) is 2.87. The molecule has 0 aliphatic heterocycles. The van der Waals surface area contributed by atoms with Crippen molar-refractivity contribution in [1.29, 1.82) is 0 Å². The van der Waals surface area contributed by atoms with Crippen molar-refractivity contribution in [1.82, 2.24) is 10.2 Å². The molecular formula is C31H43N3O5. The maximum absolute atomic E-state index is 14.2. The number of ether oxygens (including phenoxy) is 2. The number of nitrogens with zero attached hydrogens (tertiary/aromatic N) is 1. The maximum Gasteiger partial charge on any atom is 0.408 e. The molecule has 8 nitrogen and oxygen atoms in total. The predicted octanol–water partition coefficient (Wildman–Crippen LogP) is 5.95. The maximum atomic E-state index is 14.2. The Labute approximate surface area is 232 Å². The number of rotatable bonds is 11. The lowest BCUT2D eigenvalue weighted by molar-refractivity contribution is -0.141. The number of carbonyl (C=O) groups is 3. The lowest BCUT2D eigenvalue weighted by atomic mass is 9.94. The Balaban J connectivity index is 2.54. The van der Waals surface area contributed by atoms with Gasteiger partial charge in [0.25, 0.3) is 5.91 Å². The van der Waals surface area contributed by atoms with Gasteiger partial charge in [0.2, 0.25) is 5.91 Å². The highest BCUT2D eigenvalue weighted by molar-refractivity contribution is 5.99. The normalized spacial score (nSPS) is 13.4. The van der Waals surface area contributed by atoms with E-state index < -0.39 is 35.6 Å². The second-order valence-electron chi connectivity index (χ2n) is 10.8. The molecule has 0 radical (unpaired) electrons. The van der Waals surface area contributed by atoms with Crippen molar-refractivity contribution in [3.63, 3.8) is 0 Å². The highest BCUT2D eigenvalue weighted by Crippen LogP contribution is 2.28. The van der Waals surface area contributed by atoms with Gasteiger partial charge in [-0.1, -0.05) is 44.5 Å². The first-order valence-corrected chi connectivity index (χ1v) is 13.2. The third-order valence-electron chi connectivity index (χ3n) is 6.52. The zero-order chi connectivity index (χ0) is 29.3. The monoisotopic (exact) mass is 537 g/mol. The summed E-state index contributed by atoms with van der Waals surface area (Å²) in [5.74, 6) is -0.351. The van der Waals surface area contributed by atoms with Gasteiger partial charge in [0, 0.05) is 12.2 Å². The van der Waals surface area contributed by atoms with Crippen LogP contribution < -0.4 is 15.4 Å². The second-order valence-corrected chi connectivity index (χ2v) is 10.8.